The fourth-order valence-electron chi connectivity index (χ4n) is 1.02. The van der Waals surface area contributed by atoms with Crippen LogP contribution in [0.5, 0.6) is 0 Å². The van der Waals surface area contributed by atoms with Crippen LogP contribution >= 0.6 is 0 Å². The van der Waals surface area contributed by atoms with Gasteiger partial charge in [-0.2, -0.15) is 0 Å². The third-order valence-electron chi connectivity index (χ3n) is 1.78. The molecular weight excluding hydrogens is 178 g/mol. The third-order valence-corrected chi connectivity index (χ3v) is 1.78. The molecule has 0 saturated carbocycles. The number of furan rings is 1. The molecule has 0 atom stereocenters. The van der Waals surface area contributed by atoms with Crippen LogP contribution in [0.4, 0.5) is 0 Å². The third kappa shape index (κ3) is 4.84. The van der Waals surface area contributed by atoms with Crippen molar-refractivity contribution in [3.8, 4) is 0 Å². The number of allylic oxidation sites excluding steroid dienone is 1. The standard InChI is InChI=1S/C11H17NO2/c1-2-3-6-13-8-5-12-9-11-4-7-14-10-11/h2-4,7,10,12H,5-6,8-9H2,1H3. The molecule has 0 radical (unpaired) electrons. The van der Waals surface area contributed by atoms with Crippen molar-refractivity contribution in [2.24, 2.45) is 0 Å². The van der Waals surface area contributed by atoms with E-state index in [1.807, 2.05) is 25.1 Å². The lowest BCUT2D eigenvalue weighted by Crippen LogP contribution is -2.18. The predicted molar refractivity (Wildman–Crippen MR) is 56.0 cm³/mol. The summed E-state index contributed by atoms with van der Waals surface area (Å²) in [5.74, 6) is 0. The zero-order valence-corrected chi connectivity index (χ0v) is 8.53. The monoisotopic (exact) mass is 195 g/mol. The molecule has 0 bridgehead atoms. The van der Waals surface area contributed by atoms with Crippen molar-refractivity contribution >= 4 is 0 Å². The van der Waals surface area contributed by atoms with Crippen molar-refractivity contribution in [3.05, 3.63) is 36.3 Å². The van der Waals surface area contributed by atoms with E-state index < -0.39 is 0 Å². The molecule has 0 aliphatic heterocycles. The molecule has 78 valence electrons. The van der Waals surface area contributed by atoms with Gasteiger partial charge >= 0.3 is 0 Å². The van der Waals surface area contributed by atoms with Crippen LogP contribution in [0.1, 0.15) is 12.5 Å². The van der Waals surface area contributed by atoms with E-state index in [0.717, 1.165) is 19.7 Å². The highest BCUT2D eigenvalue weighted by atomic mass is 16.5. The minimum absolute atomic E-state index is 0.698. The highest BCUT2D eigenvalue weighted by Gasteiger charge is 1.92. The molecule has 0 spiro atoms. The van der Waals surface area contributed by atoms with E-state index >= 15 is 0 Å². The van der Waals surface area contributed by atoms with Gasteiger partial charge in [-0.15, -0.1) is 0 Å². The molecular formula is C11H17NO2. The first-order valence-corrected chi connectivity index (χ1v) is 4.84. The Labute approximate surface area is 84.8 Å². The van der Waals surface area contributed by atoms with Gasteiger partial charge in [0.15, 0.2) is 0 Å². The molecule has 0 aromatic carbocycles. The summed E-state index contributed by atoms with van der Waals surface area (Å²) >= 11 is 0. The Kier molecular flexibility index (Phi) is 5.79. The quantitative estimate of drug-likeness (QED) is 0.533. The van der Waals surface area contributed by atoms with Crippen LogP contribution in [0.3, 0.4) is 0 Å². The van der Waals surface area contributed by atoms with Crippen LogP contribution in [0, 0.1) is 0 Å². The largest absolute Gasteiger partial charge is 0.472 e. The van der Waals surface area contributed by atoms with Crippen LogP contribution in [-0.2, 0) is 11.3 Å². The average molecular weight is 195 g/mol. The molecule has 1 aromatic heterocycles. The smallest absolute Gasteiger partial charge is 0.0947 e. The van der Waals surface area contributed by atoms with Crippen LogP contribution in [-0.4, -0.2) is 19.8 Å². The van der Waals surface area contributed by atoms with E-state index in [-0.39, 0.29) is 0 Å². The first-order chi connectivity index (χ1) is 6.93. The van der Waals surface area contributed by atoms with Gasteiger partial charge in [0.2, 0.25) is 0 Å². The number of hydrogen-bond acceptors (Lipinski definition) is 3. The molecule has 0 unspecified atom stereocenters. The van der Waals surface area contributed by atoms with E-state index in [0.29, 0.717) is 6.61 Å². The van der Waals surface area contributed by atoms with Gasteiger partial charge in [-0.1, -0.05) is 12.2 Å². The highest BCUT2D eigenvalue weighted by Crippen LogP contribution is 1.97. The number of hydrogen-bond donors (Lipinski definition) is 1. The molecule has 1 aromatic rings. The van der Waals surface area contributed by atoms with Gasteiger partial charge in [0.25, 0.3) is 0 Å². The van der Waals surface area contributed by atoms with Crippen LogP contribution in [0.15, 0.2) is 35.2 Å². The van der Waals surface area contributed by atoms with E-state index in [9.17, 15) is 0 Å². The van der Waals surface area contributed by atoms with Crippen molar-refractivity contribution in [2.45, 2.75) is 13.5 Å². The zero-order valence-electron chi connectivity index (χ0n) is 8.53. The molecule has 0 amide bonds. The first-order valence-electron chi connectivity index (χ1n) is 4.84. The fourth-order valence-corrected chi connectivity index (χ4v) is 1.02. The Balaban J connectivity index is 1.90. The zero-order chi connectivity index (χ0) is 10.1. The van der Waals surface area contributed by atoms with Gasteiger partial charge in [0, 0.05) is 18.7 Å². The maximum atomic E-state index is 5.32. The van der Waals surface area contributed by atoms with E-state index in [1.54, 1.807) is 12.5 Å². The second-order valence-corrected chi connectivity index (χ2v) is 2.95. The highest BCUT2D eigenvalue weighted by molar-refractivity contribution is 5.04. The Hall–Kier alpha value is -1.06. The van der Waals surface area contributed by atoms with Crippen molar-refractivity contribution in [1.82, 2.24) is 5.32 Å². The van der Waals surface area contributed by atoms with Gasteiger partial charge in [-0.05, 0) is 13.0 Å². The van der Waals surface area contributed by atoms with Gasteiger partial charge in [-0.3, -0.25) is 0 Å². The lowest BCUT2D eigenvalue weighted by molar-refractivity contribution is 0.163. The summed E-state index contributed by atoms with van der Waals surface area (Å²) in [5.41, 5.74) is 1.17. The Morgan fingerprint density at radius 1 is 1.57 bits per heavy atom. The molecule has 1 N–H and O–H groups in total. The maximum absolute atomic E-state index is 5.32. The van der Waals surface area contributed by atoms with Crippen molar-refractivity contribution in [2.75, 3.05) is 19.8 Å². The summed E-state index contributed by atoms with van der Waals surface area (Å²) in [5, 5.41) is 3.26. The van der Waals surface area contributed by atoms with Crippen molar-refractivity contribution in [1.29, 1.82) is 0 Å². The summed E-state index contributed by atoms with van der Waals surface area (Å²) in [6.07, 6.45) is 7.40. The van der Waals surface area contributed by atoms with E-state index in [4.69, 9.17) is 9.15 Å². The molecule has 0 fully saturated rings. The second kappa shape index (κ2) is 7.35. The SMILES string of the molecule is CC=CCOCCNCc1ccoc1. The molecule has 1 heterocycles. The first kappa shape index (κ1) is 11.0. The summed E-state index contributed by atoms with van der Waals surface area (Å²) in [7, 11) is 0. The lowest BCUT2D eigenvalue weighted by Gasteiger charge is -2.02. The fraction of sp³-hybridized carbons (Fsp3) is 0.455. The summed E-state index contributed by atoms with van der Waals surface area (Å²) in [6.45, 7) is 5.12. The van der Waals surface area contributed by atoms with Crippen molar-refractivity contribution in [3.63, 3.8) is 0 Å². The van der Waals surface area contributed by atoms with Crippen LogP contribution in [0.25, 0.3) is 0 Å². The van der Waals surface area contributed by atoms with E-state index in [1.165, 1.54) is 5.56 Å². The molecule has 0 saturated heterocycles. The Morgan fingerprint density at radius 3 is 3.21 bits per heavy atom. The van der Waals surface area contributed by atoms with E-state index in [2.05, 4.69) is 5.32 Å². The molecule has 14 heavy (non-hydrogen) atoms. The molecule has 1 rings (SSSR count). The molecule has 3 nitrogen and oxygen atoms in total. The van der Waals surface area contributed by atoms with Crippen molar-refractivity contribution < 1.29 is 9.15 Å². The predicted octanol–water partition coefficient (Wildman–Crippen LogP) is 1.96. The van der Waals surface area contributed by atoms with Gasteiger partial charge in [0.05, 0.1) is 25.7 Å². The average Bonchev–Trinajstić information content (AvgIpc) is 2.69. The Bertz CT molecular complexity index is 242. The topological polar surface area (TPSA) is 34.4 Å². The van der Waals surface area contributed by atoms with Gasteiger partial charge in [0.1, 0.15) is 0 Å². The van der Waals surface area contributed by atoms with Crippen LogP contribution in [0.2, 0.25) is 0 Å². The molecule has 3 heteroatoms. The minimum Gasteiger partial charge on any atom is -0.472 e. The summed E-state index contributed by atoms with van der Waals surface area (Å²) in [6, 6.07) is 1.95. The van der Waals surface area contributed by atoms with Gasteiger partial charge < -0.3 is 14.5 Å². The minimum atomic E-state index is 0.698. The summed E-state index contributed by atoms with van der Waals surface area (Å²) in [4.78, 5) is 0. The normalized spacial score (nSPS) is 11.2. The molecule has 0 aliphatic rings. The van der Waals surface area contributed by atoms with Gasteiger partial charge in [-0.25, -0.2) is 0 Å². The number of rotatable bonds is 7. The maximum Gasteiger partial charge on any atom is 0.0947 e. The number of nitrogens with one attached hydrogen (secondary N) is 1. The summed E-state index contributed by atoms with van der Waals surface area (Å²) < 4.78 is 10.3. The Morgan fingerprint density at radius 2 is 2.50 bits per heavy atom. The number of ether oxygens (including phenoxy) is 1. The van der Waals surface area contributed by atoms with Crippen LogP contribution < -0.4 is 5.32 Å². The second-order valence-electron chi connectivity index (χ2n) is 2.95. The lowest BCUT2D eigenvalue weighted by atomic mass is 10.3. The molecule has 0 aliphatic carbocycles.